The van der Waals surface area contributed by atoms with Crippen LogP contribution < -0.4 is 4.90 Å². The third-order valence-corrected chi connectivity index (χ3v) is 3.37. The smallest absolute Gasteiger partial charge is 0.205 e. The maximum absolute atomic E-state index is 8.83. The van der Waals surface area contributed by atoms with Crippen molar-refractivity contribution in [1.82, 2.24) is 9.36 Å². The minimum Gasteiger partial charge on any atom is -0.396 e. The van der Waals surface area contributed by atoms with E-state index in [1.54, 1.807) is 6.33 Å². The summed E-state index contributed by atoms with van der Waals surface area (Å²) in [5.74, 6) is 0. The zero-order valence-corrected chi connectivity index (χ0v) is 8.91. The molecule has 0 bridgehead atoms. The molecule has 0 amide bonds. The van der Waals surface area contributed by atoms with Crippen molar-refractivity contribution in [2.24, 2.45) is 0 Å². The van der Waals surface area contributed by atoms with Crippen LogP contribution in [0.5, 0.6) is 0 Å². The topological polar surface area (TPSA) is 49.2 Å². The van der Waals surface area contributed by atoms with Crippen molar-refractivity contribution < 1.29 is 5.11 Å². The zero-order chi connectivity index (χ0) is 9.80. The van der Waals surface area contributed by atoms with Gasteiger partial charge in [0.15, 0.2) is 0 Å². The highest BCUT2D eigenvalue weighted by molar-refractivity contribution is 7.09. The van der Waals surface area contributed by atoms with Gasteiger partial charge in [-0.2, -0.15) is 4.37 Å². The van der Waals surface area contributed by atoms with Crippen LogP contribution in [0.2, 0.25) is 0 Å². The molecule has 78 valence electrons. The predicted molar refractivity (Wildman–Crippen MR) is 56.6 cm³/mol. The van der Waals surface area contributed by atoms with Crippen LogP contribution in [0.25, 0.3) is 0 Å². The molecule has 0 aliphatic heterocycles. The number of aromatic nitrogens is 2. The maximum atomic E-state index is 8.83. The Balaban J connectivity index is 1.98. The van der Waals surface area contributed by atoms with Crippen molar-refractivity contribution in [1.29, 1.82) is 0 Å². The van der Waals surface area contributed by atoms with E-state index in [0.29, 0.717) is 6.04 Å². The molecule has 2 rings (SSSR count). The highest BCUT2D eigenvalue weighted by Gasteiger charge is 2.26. The third-order valence-electron chi connectivity index (χ3n) is 2.67. The fourth-order valence-electron chi connectivity index (χ4n) is 1.67. The van der Waals surface area contributed by atoms with Crippen molar-refractivity contribution in [2.45, 2.75) is 31.7 Å². The van der Waals surface area contributed by atoms with E-state index in [2.05, 4.69) is 14.3 Å². The Morgan fingerprint density at radius 3 is 2.93 bits per heavy atom. The summed E-state index contributed by atoms with van der Waals surface area (Å²) in [7, 11) is 0. The van der Waals surface area contributed by atoms with E-state index in [1.807, 2.05) is 0 Å². The fraction of sp³-hybridized carbons (Fsp3) is 0.778. The minimum atomic E-state index is 0.252. The van der Waals surface area contributed by atoms with Gasteiger partial charge in [0.2, 0.25) is 5.13 Å². The molecule has 1 heterocycles. The summed E-state index contributed by atoms with van der Waals surface area (Å²) in [6, 6.07) is 0.634. The van der Waals surface area contributed by atoms with Gasteiger partial charge >= 0.3 is 0 Å². The van der Waals surface area contributed by atoms with E-state index in [-0.39, 0.29) is 6.61 Å². The summed E-state index contributed by atoms with van der Waals surface area (Å²) in [6.45, 7) is 1.15. The first kappa shape index (κ1) is 9.86. The Kier molecular flexibility index (Phi) is 3.31. The summed E-state index contributed by atoms with van der Waals surface area (Å²) in [5.41, 5.74) is 0. The molecule has 1 saturated carbocycles. The summed E-state index contributed by atoms with van der Waals surface area (Å²) in [6.07, 6.45) is 6.25. The van der Waals surface area contributed by atoms with Crippen molar-refractivity contribution in [3.63, 3.8) is 0 Å². The number of hydrogen-bond acceptors (Lipinski definition) is 5. The average molecular weight is 213 g/mol. The van der Waals surface area contributed by atoms with Gasteiger partial charge in [0, 0.05) is 30.7 Å². The van der Waals surface area contributed by atoms with E-state index < -0.39 is 0 Å². The Labute approximate surface area is 87.8 Å². The third kappa shape index (κ3) is 2.04. The lowest BCUT2D eigenvalue weighted by atomic mass is 9.92. The molecule has 1 aliphatic rings. The van der Waals surface area contributed by atoms with E-state index in [1.165, 1.54) is 30.8 Å². The van der Waals surface area contributed by atoms with Gasteiger partial charge in [-0.3, -0.25) is 0 Å². The molecule has 1 fully saturated rings. The van der Waals surface area contributed by atoms with Gasteiger partial charge in [0.25, 0.3) is 0 Å². The summed E-state index contributed by atoms with van der Waals surface area (Å²) in [4.78, 5) is 6.51. The van der Waals surface area contributed by atoms with Crippen LogP contribution in [-0.2, 0) is 0 Å². The van der Waals surface area contributed by atoms with Crippen LogP contribution in [0.4, 0.5) is 5.13 Å². The Bertz CT molecular complexity index is 261. The lowest BCUT2D eigenvalue weighted by Gasteiger charge is -2.37. The molecule has 4 nitrogen and oxygen atoms in total. The Morgan fingerprint density at radius 2 is 2.43 bits per heavy atom. The van der Waals surface area contributed by atoms with Crippen molar-refractivity contribution in [3.8, 4) is 0 Å². The van der Waals surface area contributed by atoms with Crippen LogP contribution in [0.15, 0.2) is 6.33 Å². The molecule has 0 atom stereocenters. The van der Waals surface area contributed by atoms with Crippen LogP contribution in [0.3, 0.4) is 0 Å². The first-order chi connectivity index (χ1) is 6.92. The SMILES string of the molecule is OCCCN(c1ncns1)C1CCC1. The van der Waals surface area contributed by atoms with Gasteiger partial charge < -0.3 is 10.0 Å². The molecule has 1 aromatic rings. The molecule has 0 spiro atoms. The number of anilines is 1. The number of aliphatic hydroxyl groups excluding tert-OH is 1. The second-order valence-corrected chi connectivity index (χ2v) is 4.34. The quantitative estimate of drug-likeness (QED) is 0.800. The van der Waals surface area contributed by atoms with Crippen LogP contribution in [0, 0.1) is 0 Å². The highest BCUT2D eigenvalue weighted by atomic mass is 32.1. The molecule has 0 saturated heterocycles. The summed E-state index contributed by atoms with van der Waals surface area (Å²) in [5, 5.41) is 9.83. The first-order valence-corrected chi connectivity index (χ1v) is 5.83. The largest absolute Gasteiger partial charge is 0.396 e. The molecule has 1 aromatic heterocycles. The molecular formula is C9H15N3OS. The summed E-state index contributed by atoms with van der Waals surface area (Å²) >= 11 is 1.44. The van der Waals surface area contributed by atoms with E-state index in [4.69, 9.17) is 5.11 Å². The number of nitrogens with zero attached hydrogens (tertiary/aromatic N) is 3. The van der Waals surface area contributed by atoms with E-state index >= 15 is 0 Å². The minimum absolute atomic E-state index is 0.252. The van der Waals surface area contributed by atoms with Crippen LogP contribution in [0.1, 0.15) is 25.7 Å². The normalized spacial score (nSPS) is 16.6. The van der Waals surface area contributed by atoms with Crippen LogP contribution in [-0.4, -0.2) is 33.7 Å². The van der Waals surface area contributed by atoms with Crippen LogP contribution >= 0.6 is 11.5 Å². The molecule has 14 heavy (non-hydrogen) atoms. The fourth-order valence-corrected chi connectivity index (χ4v) is 2.30. The number of hydrogen-bond donors (Lipinski definition) is 1. The second-order valence-electron chi connectivity index (χ2n) is 3.58. The van der Waals surface area contributed by atoms with Crippen molar-refractivity contribution in [2.75, 3.05) is 18.1 Å². The molecule has 1 N–H and O–H groups in total. The molecule has 1 aliphatic carbocycles. The van der Waals surface area contributed by atoms with Gasteiger partial charge in [-0.05, 0) is 25.7 Å². The van der Waals surface area contributed by atoms with Gasteiger partial charge in [-0.25, -0.2) is 4.98 Å². The second kappa shape index (κ2) is 4.70. The average Bonchev–Trinajstić information content (AvgIpc) is 2.61. The summed E-state index contributed by atoms with van der Waals surface area (Å²) < 4.78 is 4.02. The van der Waals surface area contributed by atoms with E-state index in [0.717, 1.165) is 18.1 Å². The molecule has 5 heteroatoms. The predicted octanol–water partition coefficient (Wildman–Crippen LogP) is 1.28. The van der Waals surface area contributed by atoms with Gasteiger partial charge in [0.1, 0.15) is 6.33 Å². The van der Waals surface area contributed by atoms with Gasteiger partial charge in [-0.1, -0.05) is 0 Å². The van der Waals surface area contributed by atoms with Crippen molar-refractivity contribution in [3.05, 3.63) is 6.33 Å². The van der Waals surface area contributed by atoms with Gasteiger partial charge in [0.05, 0.1) is 0 Å². The number of aliphatic hydroxyl groups is 1. The molecular weight excluding hydrogens is 198 g/mol. The lowest BCUT2D eigenvalue weighted by molar-refractivity contribution is 0.283. The first-order valence-electron chi connectivity index (χ1n) is 5.06. The zero-order valence-electron chi connectivity index (χ0n) is 8.09. The maximum Gasteiger partial charge on any atom is 0.205 e. The monoisotopic (exact) mass is 213 g/mol. The van der Waals surface area contributed by atoms with Crippen molar-refractivity contribution >= 4 is 16.7 Å². The lowest BCUT2D eigenvalue weighted by Crippen LogP contribution is -2.41. The Hall–Kier alpha value is -0.680. The molecule has 0 radical (unpaired) electrons. The van der Waals surface area contributed by atoms with Gasteiger partial charge in [-0.15, -0.1) is 0 Å². The molecule has 0 unspecified atom stereocenters. The molecule has 0 aromatic carbocycles. The Morgan fingerprint density at radius 1 is 1.57 bits per heavy atom. The van der Waals surface area contributed by atoms with E-state index in [9.17, 15) is 0 Å². The number of rotatable bonds is 5. The standard InChI is InChI=1S/C9H15N3OS/c13-6-2-5-12(8-3-1-4-8)9-10-7-11-14-9/h7-8,13H,1-6H2. The highest BCUT2D eigenvalue weighted by Crippen LogP contribution is 2.29.